The molecule has 1 heterocycles. The number of halogens is 4. The Bertz CT molecular complexity index is 1590. The Kier molecular flexibility index (Phi) is 7.59. The van der Waals surface area contributed by atoms with Crippen LogP contribution >= 0.6 is 15.9 Å². The standard InChI is InChI=1S/C26H18BrF3N4O3/c1-2-36-22-13-17(20(27)14-23(22)37-11-10-31)15-32-34-24(16-6-5-7-18(12-16)26(28,29)30)33-21-9-4-3-8-19(21)25(34)35/h3-9,12-15H,2,11H2,1H3. The number of alkyl halides is 3. The molecule has 11 heteroatoms. The van der Waals surface area contributed by atoms with Crippen LogP contribution in [-0.2, 0) is 6.18 Å². The summed E-state index contributed by atoms with van der Waals surface area (Å²) in [6, 6.07) is 16.1. The maximum absolute atomic E-state index is 13.4. The van der Waals surface area contributed by atoms with Crippen LogP contribution in [0.2, 0.25) is 0 Å². The van der Waals surface area contributed by atoms with E-state index in [1.807, 2.05) is 6.07 Å². The first-order chi connectivity index (χ1) is 17.7. The lowest BCUT2D eigenvalue weighted by molar-refractivity contribution is -0.137. The summed E-state index contributed by atoms with van der Waals surface area (Å²) in [5, 5.41) is 13.4. The van der Waals surface area contributed by atoms with Gasteiger partial charge in [0.05, 0.1) is 29.3 Å². The summed E-state index contributed by atoms with van der Waals surface area (Å²) in [5.74, 6) is 0.632. The van der Waals surface area contributed by atoms with Crippen molar-refractivity contribution in [3.8, 4) is 29.0 Å². The maximum atomic E-state index is 13.4. The number of hydrogen-bond donors (Lipinski definition) is 0. The van der Waals surface area contributed by atoms with Gasteiger partial charge in [0.25, 0.3) is 5.56 Å². The van der Waals surface area contributed by atoms with Gasteiger partial charge in [-0.25, -0.2) is 4.98 Å². The van der Waals surface area contributed by atoms with E-state index in [1.54, 1.807) is 43.3 Å². The second-order valence-electron chi connectivity index (χ2n) is 7.59. The number of nitriles is 1. The van der Waals surface area contributed by atoms with Crippen molar-refractivity contribution in [3.05, 3.63) is 86.6 Å². The van der Waals surface area contributed by atoms with E-state index in [0.717, 1.165) is 16.8 Å². The van der Waals surface area contributed by atoms with Crippen LogP contribution in [0.15, 0.2) is 75.0 Å². The van der Waals surface area contributed by atoms with Crippen LogP contribution in [0.5, 0.6) is 11.5 Å². The minimum atomic E-state index is -4.57. The van der Waals surface area contributed by atoms with Crippen molar-refractivity contribution in [1.82, 2.24) is 9.66 Å². The number of fused-ring (bicyclic) bond motifs is 1. The topological polar surface area (TPSA) is 89.5 Å². The Morgan fingerprint density at radius 3 is 2.59 bits per heavy atom. The monoisotopic (exact) mass is 570 g/mol. The largest absolute Gasteiger partial charge is 0.490 e. The molecular formula is C26H18BrF3N4O3. The highest BCUT2D eigenvalue weighted by atomic mass is 79.9. The van der Waals surface area contributed by atoms with Crippen LogP contribution in [0.25, 0.3) is 22.3 Å². The number of rotatable bonds is 7. The summed E-state index contributed by atoms with van der Waals surface area (Å²) < 4.78 is 52.6. The lowest BCUT2D eigenvalue weighted by Gasteiger charge is -2.13. The number of benzene rings is 3. The second-order valence-corrected chi connectivity index (χ2v) is 8.45. The molecule has 0 fully saturated rings. The molecule has 37 heavy (non-hydrogen) atoms. The van der Waals surface area contributed by atoms with Crippen molar-refractivity contribution >= 4 is 33.0 Å². The highest BCUT2D eigenvalue weighted by Gasteiger charge is 2.31. The van der Waals surface area contributed by atoms with E-state index in [2.05, 4.69) is 26.0 Å². The third-order valence-electron chi connectivity index (χ3n) is 5.17. The van der Waals surface area contributed by atoms with Gasteiger partial charge >= 0.3 is 6.18 Å². The fourth-order valence-corrected chi connectivity index (χ4v) is 3.94. The molecule has 4 aromatic rings. The molecule has 7 nitrogen and oxygen atoms in total. The Hall–Kier alpha value is -4.17. The third-order valence-corrected chi connectivity index (χ3v) is 5.86. The van der Waals surface area contributed by atoms with Crippen LogP contribution < -0.4 is 15.0 Å². The van der Waals surface area contributed by atoms with E-state index in [9.17, 15) is 18.0 Å². The van der Waals surface area contributed by atoms with Crippen molar-refractivity contribution < 1.29 is 22.6 Å². The van der Waals surface area contributed by atoms with Gasteiger partial charge < -0.3 is 9.47 Å². The average Bonchev–Trinajstić information content (AvgIpc) is 2.88. The molecule has 0 radical (unpaired) electrons. The number of para-hydroxylation sites is 1. The molecule has 0 unspecified atom stereocenters. The fraction of sp³-hybridized carbons (Fsp3) is 0.154. The lowest BCUT2D eigenvalue weighted by atomic mass is 10.1. The van der Waals surface area contributed by atoms with Crippen molar-refractivity contribution in [2.45, 2.75) is 13.1 Å². The third kappa shape index (κ3) is 5.65. The fourth-order valence-electron chi connectivity index (χ4n) is 3.51. The normalized spacial score (nSPS) is 11.6. The van der Waals surface area contributed by atoms with Gasteiger partial charge in [0.15, 0.2) is 23.9 Å². The van der Waals surface area contributed by atoms with E-state index in [-0.39, 0.29) is 23.4 Å². The SMILES string of the molecule is CCOc1cc(C=Nn2c(-c3cccc(C(F)(F)F)c3)nc3ccccc3c2=O)c(Br)cc1OCC#N. The zero-order valence-corrected chi connectivity index (χ0v) is 20.9. The van der Waals surface area contributed by atoms with Crippen LogP contribution in [0.3, 0.4) is 0 Å². The summed E-state index contributed by atoms with van der Waals surface area (Å²) in [6.45, 7) is 1.93. The van der Waals surface area contributed by atoms with Gasteiger partial charge in [0.2, 0.25) is 0 Å². The first-order valence-electron chi connectivity index (χ1n) is 10.9. The molecule has 0 saturated carbocycles. The Morgan fingerprint density at radius 1 is 1.11 bits per heavy atom. The Labute approximate surface area is 217 Å². The average molecular weight is 571 g/mol. The number of nitrogens with zero attached hydrogens (tertiary/aromatic N) is 4. The summed E-state index contributed by atoms with van der Waals surface area (Å²) >= 11 is 3.41. The summed E-state index contributed by atoms with van der Waals surface area (Å²) in [4.78, 5) is 17.8. The first-order valence-corrected chi connectivity index (χ1v) is 11.7. The zero-order chi connectivity index (χ0) is 26.6. The highest BCUT2D eigenvalue weighted by Crippen LogP contribution is 2.34. The van der Waals surface area contributed by atoms with Gasteiger partial charge in [-0.3, -0.25) is 4.79 Å². The lowest BCUT2D eigenvalue weighted by Crippen LogP contribution is -2.20. The molecule has 1 aromatic heterocycles. The first kappa shape index (κ1) is 25.9. The van der Waals surface area contributed by atoms with Crippen LogP contribution in [0, 0.1) is 11.3 Å². The Morgan fingerprint density at radius 2 is 1.86 bits per heavy atom. The van der Waals surface area contributed by atoms with E-state index in [1.165, 1.54) is 18.3 Å². The molecule has 0 aliphatic rings. The molecular weight excluding hydrogens is 553 g/mol. The molecule has 0 N–H and O–H groups in total. The molecule has 0 spiro atoms. The van der Waals surface area contributed by atoms with Crippen LogP contribution in [0.1, 0.15) is 18.1 Å². The number of hydrogen-bond acceptors (Lipinski definition) is 6. The van der Waals surface area contributed by atoms with Gasteiger partial charge in [-0.1, -0.05) is 24.3 Å². The number of ether oxygens (including phenoxy) is 2. The van der Waals surface area contributed by atoms with E-state index in [0.29, 0.717) is 33.7 Å². The van der Waals surface area contributed by atoms with Crippen LogP contribution in [0.4, 0.5) is 13.2 Å². The van der Waals surface area contributed by atoms with Crippen molar-refractivity contribution in [3.63, 3.8) is 0 Å². The molecule has 0 aliphatic heterocycles. The molecule has 188 valence electrons. The molecule has 0 bridgehead atoms. The van der Waals surface area contributed by atoms with Crippen molar-refractivity contribution in [2.75, 3.05) is 13.2 Å². The van der Waals surface area contributed by atoms with Gasteiger partial charge in [-0.2, -0.15) is 28.2 Å². The maximum Gasteiger partial charge on any atom is 0.416 e. The quantitative estimate of drug-likeness (QED) is 0.253. The summed E-state index contributed by atoms with van der Waals surface area (Å²) in [5.41, 5.74) is -0.540. The smallest absolute Gasteiger partial charge is 0.416 e. The molecule has 4 rings (SSSR count). The van der Waals surface area contributed by atoms with Gasteiger partial charge in [0, 0.05) is 15.6 Å². The number of aromatic nitrogens is 2. The zero-order valence-electron chi connectivity index (χ0n) is 19.3. The molecule has 0 amide bonds. The van der Waals surface area contributed by atoms with Crippen LogP contribution in [-0.4, -0.2) is 29.1 Å². The molecule has 0 atom stereocenters. The molecule has 3 aromatic carbocycles. The predicted octanol–water partition coefficient (Wildman–Crippen LogP) is 6.03. The highest BCUT2D eigenvalue weighted by molar-refractivity contribution is 9.10. The van der Waals surface area contributed by atoms with Crippen molar-refractivity contribution in [1.29, 1.82) is 5.26 Å². The van der Waals surface area contributed by atoms with E-state index < -0.39 is 17.3 Å². The van der Waals surface area contributed by atoms with Gasteiger partial charge in [-0.05, 0) is 59.3 Å². The summed E-state index contributed by atoms with van der Waals surface area (Å²) in [6.07, 6.45) is -3.22. The van der Waals surface area contributed by atoms with Gasteiger partial charge in [0.1, 0.15) is 6.07 Å². The van der Waals surface area contributed by atoms with E-state index >= 15 is 0 Å². The minimum Gasteiger partial charge on any atom is -0.490 e. The van der Waals surface area contributed by atoms with Crippen molar-refractivity contribution in [2.24, 2.45) is 5.10 Å². The summed E-state index contributed by atoms with van der Waals surface area (Å²) in [7, 11) is 0. The van der Waals surface area contributed by atoms with Gasteiger partial charge in [-0.15, -0.1) is 0 Å². The molecule has 0 aliphatic carbocycles. The second kappa shape index (κ2) is 10.8. The Balaban J connectivity index is 1.88. The minimum absolute atomic E-state index is 0.0545. The van der Waals surface area contributed by atoms with E-state index in [4.69, 9.17) is 14.7 Å². The predicted molar refractivity (Wildman–Crippen MR) is 136 cm³/mol. The molecule has 0 saturated heterocycles.